The number of hydrogen-bond donors (Lipinski definition) is 0. The Labute approximate surface area is 101 Å². The van der Waals surface area contributed by atoms with Crippen LogP contribution in [-0.4, -0.2) is 27.3 Å². The summed E-state index contributed by atoms with van der Waals surface area (Å²) < 4.78 is 38.7. The highest BCUT2D eigenvalue weighted by atomic mass is 19.4. The molecule has 0 aromatic carbocycles. The Kier molecular flexibility index (Phi) is 3.00. The standard InChI is InChI=1S/C11H11F3N2O2/c1-6(17)10-15-8(9(18)11(12,13)14)7-4-2-3-5-16(7)10/h2-5H2,1H3. The Hall–Kier alpha value is -1.66. The first-order chi connectivity index (χ1) is 8.32. The van der Waals surface area contributed by atoms with Gasteiger partial charge < -0.3 is 4.57 Å². The van der Waals surface area contributed by atoms with Crippen LogP contribution in [0.25, 0.3) is 0 Å². The second-order valence-electron chi connectivity index (χ2n) is 4.22. The van der Waals surface area contributed by atoms with Crippen LogP contribution >= 0.6 is 0 Å². The van der Waals surface area contributed by atoms with Gasteiger partial charge in [0.15, 0.2) is 11.6 Å². The van der Waals surface area contributed by atoms with E-state index in [2.05, 4.69) is 4.98 Å². The van der Waals surface area contributed by atoms with Gasteiger partial charge in [0, 0.05) is 19.2 Å². The van der Waals surface area contributed by atoms with E-state index in [0.29, 0.717) is 19.4 Å². The number of imidazole rings is 1. The highest BCUT2D eigenvalue weighted by Gasteiger charge is 2.43. The molecule has 2 heterocycles. The minimum absolute atomic E-state index is 0.0581. The van der Waals surface area contributed by atoms with E-state index in [1.807, 2.05) is 0 Å². The average Bonchev–Trinajstić information content (AvgIpc) is 2.66. The van der Waals surface area contributed by atoms with Crippen LogP contribution in [0.2, 0.25) is 0 Å². The average molecular weight is 260 g/mol. The van der Waals surface area contributed by atoms with E-state index in [1.165, 1.54) is 11.5 Å². The Morgan fingerprint density at radius 1 is 1.28 bits per heavy atom. The van der Waals surface area contributed by atoms with E-state index in [4.69, 9.17) is 0 Å². The van der Waals surface area contributed by atoms with E-state index in [0.717, 1.165) is 6.42 Å². The number of ketones is 2. The van der Waals surface area contributed by atoms with Gasteiger partial charge in [0.05, 0.1) is 0 Å². The van der Waals surface area contributed by atoms with Crippen LogP contribution in [0, 0.1) is 0 Å². The van der Waals surface area contributed by atoms with Crippen molar-refractivity contribution in [1.29, 1.82) is 0 Å². The number of fused-ring (bicyclic) bond motifs is 1. The van der Waals surface area contributed by atoms with Crippen LogP contribution in [0.1, 0.15) is 46.6 Å². The number of rotatable bonds is 2. The molecular formula is C11H11F3N2O2. The summed E-state index contributed by atoms with van der Waals surface area (Å²) in [6.45, 7) is 1.66. The molecule has 2 rings (SSSR count). The Balaban J connectivity index is 2.55. The van der Waals surface area contributed by atoms with Crippen molar-refractivity contribution in [1.82, 2.24) is 9.55 Å². The smallest absolute Gasteiger partial charge is 0.325 e. The summed E-state index contributed by atoms with van der Waals surface area (Å²) in [4.78, 5) is 26.2. The van der Waals surface area contributed by atoms with Gasteiger partial charge in [0.25, 0.3) is 5.78 Å². The minimum Gasteiger partial charge on any atom is -0.325 e. The molecule has 0 amide bonds. The lowest BCUT2D eigenvalue weighted by Gasteiger charge is -2.16. The number of carbonyl (C=O) groups is 2. The molecule has 1 aromatic rings. The highest BCUT2D eigenvalue weighted by Crippen LogP contribution is 2.27. The predicted octanol–water partition coefficient (Wildman–Crippen LogP) is 2.17. The van der Waals surface area contributed by atoms with Crippen LogP contribution < -0.4 is 0 Å². The van der Waals surface area contributed by atoms with E-state index >= 15 is 0 Å². The van der Waals surface area contributed by atoms with Crippen molar-refractivity contribution in [2.45, 2.75) is 38.9 Å². The van der Waals surface area contributed by atoms with Gasteiger partial charge in [-0.3, -0.25) is 9.59 Å². The normalized spacial score (nSPS) is 15.3. The molecule has 0 spiro atoms. The molecule has 0 unspecified atom stereocenters. The molecule has 1 aromatic heterocycles. The van der Waals surface area contributed by atoms with Gasteiger partial charge in [0.1, 0.15) is 5.69 Å². The summed E-state index contributed by atoms with van der Waals surface area (Å²) in [6.07, 6.45) is -3.15. The van der Waals surface area contributed by atoms with Gasteiger partial charge in [-0.25, -0.2) is 4.98 Å². The van der Waals surface area contributed by atoms with Gasteiger partial charge in [-0.15, -0.1) is 0 Å². The second-order valence-corrected chi connectivity index (χ2v) is 4.22. The molecule has 0 saturated heterocycles. The highest BCUT2D eigenvalue weighted by molar-refractivity contribution is 6.01. The Bertz CT molecular complexity index is 517. The summed E-state index contributed by atoms with van der Waals surface area (Å²) in [7, 11) is 0. The van der Waals surface area contributed by atoms with E-state index in [-0.39, 0.29) is 11.5 Å². The largest absolute Gasteiger partial charge is 0.456 e. The summed E-state index contributed by atoms with van der Waals surface area (Å²) in [5.41, 5.74) is -0.388. The third-order valence-electron chi connectivity index (χ3n) is 2.91. The third kappa shape index (κ3) is 2.04. The number of nitrogens with zero attached hydrogens (tertiary/aromatic N) is 2. The van der Waals surface area contributed by atoms with Crippen molar-refractivity contribution in [2.24, 2.45) is 0 Å². The molecule has 0 fully saturated rings. The van der Waals surface area contributed by atoms with E-state index < -0.39 is 23.4 Å². The van der Waals surface area contributed by atoms with Crippen molar-refractivity contribution in [3.8, 4) is 0 Å². The van der Waals surface area contributed by atoms with Crippen molar-refractivity contribution >= 4 is 11.6 Å². The number of halogens is 3. The zero-order chi connectivity index (χ0) is 13.5. The molecule has 1 aliphatic rings. The van der Waals surface area contributed by atoms with Crippen LogP contribution in [0.4, 0.5) is 13.2 Å². The van der Waals surface area contributed by atoms with Gasteiger partial charge in [0.2, 0.25) is 0 Å². The van der Waals surface area contributed by atoms with E-state index in [9.17, 15) is 22.8 Å². The molecule has 4 nitrogen and oxygen atoms in total. The van der Waals surface area contributed by atoms with Crippen LogP contribution in [0.15, 0.2) is 0 Å². The first-order valence-electron chi connectivity index (χ1n) is 5.54. The molecule has 98 valence electrons. The molecule has 18 heavy (non-hydrogen) atoms. The maximum atomic E-state index is 12.4. The second kappa shape index (κ2) is 4.22. The number of Topliss-reactive ketones (excluding diaryl/α,β-unsaturated/α-hetero) is 2. The van der Waals surface area contributed by atoms with E-state index in [1.54, 1.807) is 0 Å². The van der Waals surface area contributed by atoms with Crippen LogP contribution in [0.5, 0.6) is 0 Å². The maximum Gasteiger partial charge on any atom is 0.456 e. The summed E-state index contributed by atoms with van der Waals surface area (Å²) in [6, 6.07) is 0. The fraction of sp³-hybridized carbons (Fsp3) is 0.545. The number of hydrogen-bond acceptors (Lipinski definition) is 3. The van der Waals surface area contributed by atoms with Crippen molar-refractivity contribution in [3.63, 3.8) is 0 Å². The molecular weight excluding hydrogens is 249 g/mol. The minimum atomic E-state index is -4.96. The zero-order valence-corrected chi connectivity index (χ0v) is 9.67. The first kappa shape index (κ1) is 12.8. The third-order valence-corrected chi connectivity index (χ3v) is 2.91. The summed E-state index contributed by atoms with van der Waals surface area (Å²) in [5, 5.41) is 0. The first-order valence-corrected chi connectivity index (χ1v) is 5.54. The van der Waals surface area contributed by atoms with Crippen LogP contribution in [0.3, 0.4) is 0 Å². The van der Waals surface area contributed by atoms with Gasteiger partial charge in [-0.05, 0) is 19.3 Å². The predicted molar refractivity (Wildman–Crippen MR) is 55.6 cm³/mol. The van der Waals surface area contributed by atoms with Crippen LogP contribution in [-0.2, 0) is 13.0 Å². The maximum absolute atomic E-state index is 12.4. The zero-order valence-electron chi connectivity index (χ0n) is 9.67. The van der Waals surface area contributed by atoms with Gasteiger partial charge in [-0.1, -0.05) is 0 Å². The molecule has 0 aliphatic carbocycles. The lowest BCUT2D eigenvalue weighted by molar-refractivity contribution is -0.0888. The Morgan fingerprint density at radius 2 is 1.94 bits per heavy atom. The van der Waals surface area contributed by atoms with Crippen molar-refractivity contribution in [2.75, 3.05) is 0 Å². The van der Waals surface area contributed by atoms with Gasteiger partial charge >= 0.3 is 6.18 Å². The number of alkyl halides is 3. The Morgan fingerprint density at radius 3 is 2.50 bits per heavy atom. The molecule has 0 saturated carbocycles. The fourth-order valence-corrected chi connectivity index (χ4v) is 2.13. The van der Waals surface area contributed by atoms with Crippen molar-refractivity contribution in [3.05, 3.63) is 17.2 Å². The molecule has 0 atom stereocenters. The SMILES string of the molecule is CC(=O)c1nc(C(=O)C(F)(F)F)c2n1CCCC2. The van der Waals surface area contributed by atoms with Gasteiger partial charge in [-0.2, -0.15) is 13.2 Å². The number of carbonyl (C=O) groups excluding carboxylic acids is 2. The summed E-state index contributed by atoms with van der Waals surface area (Å²) >= 11 is 0. The summed E-state index contributed by atoms with van der Waals surface area (Å²) in [5.74, 6) is -2.46. The molecule has 1 aliphatic heterocycles. The molecule has 0 bridgehead atoms. The molecule has 0 N–H and O–H groups in total. The molecule has 0 radical (unpaired) electrons. The van der Waals surface area contributed by atoms with Crippen molar-refractivity contribution < 1.29 is 22.8 Å². The monoisotopic (exact) mass is 260 g/mol. The molecule has 7 heteroatoms. The lowest BCUT2D eigenvalue weighted by atomic mass is 10.1. The quantitative estimate of drug-likeness (QED) is 0.766. The number of aromatic nitrogens is 2. The lowest BCUT2D eigenvalue weighted by Crippen LogP contribution is -2.25. The topological polar surface area (TPSA) is 52.0 Å². The fourth-order valence-electron chi connectivity index (χ4n) is 2.13.